The summed E-state index contributed by atoms with van der Waals surface area (Å²) in [4.78, 5) is 4.71. The lowest BCUT2D eigenvalue weighted by molar-refractivity contribution is 0.320. The van der Waals surface area contributed by atoms with Gasteiger partial charge >= 0.3 is 0 Å². The van der Waals surface area contributed by atoms with Crippen molar-refractivity contribution in [2.24, 2.45) is 0 Å². The summed E-state index contributed by atoms with van der Waals surface area (Å²) in [5.74, 6) is 0.995. The summed E-state index contributed by atoms with van der Waals surface area (Å²) in [5, 5.41) is 0. The quantitative estimate of drug-likeness (QED) is 0.724. The molecule has 3 aliphatic heterocycles. The Hall–Kier alpha value is -2.42. The number of anilines is 1. The Morgan fingerprint density at radius 3 is 2.85 bits per heavy atom. The summed E-state index contributed by atoms with van der Waals surface area (Å²) in [7, 11) is 2.14. The lowest BCUT2D eigenvalue weighted by atomic mass is 9.90. The first kappa shape index (κ1) is 10.4. The van der Waals surface area contributed by atoms with Crippen molar-refractivity contribution in [3.8, 4) is 16.9 Å². The molecule has 3 aliphatic rings. The van der Waals surface area contributed by atoms with Gasteiger partial charge in [0.2, 0.25) is 0 Å². The van der Waals surface area contributed by atoms with Crippen LogP contribution in [0, 0.1) is 0 Å². The first-order valence-electron chi connectivity index (χ1n) is 6.91. The van der Waals surface area contributed by atoms with Gasteiger partial charge in [0.25, 0.3) is 0 Å². The van der Waals surface area contributed by atoms with Crippen molar-refractivity contribution in [1.82, 2.24) is 4.90 Å². The van der Waals surface area contributed by atoms with Crippen molar-refractivity contribution < 1.29 is 4.74 Å². The van der Waals surface area contributed by atoms with E-state index in [4.69, 9.17) is 4.74 Å². The zero-order valence-electron chi connectivity index (χ0n) is 11.2. The summed E-state index contributed by atoms with van der Waals surface area (Å²) in [6.45, 7) is 0.652. The van der Waals surface area contributed by atoms with Crippen LogP contribution in [0.15, 0.2) is 54.4 Å². The van der Waals surface area contributed by atoms with Crippen molar-refractivity contribution in [1.29, 1.82) is 0 Å². The molecular formula is C17H14N2O. The first-order valence-corrected chi connectivity index (χ1v) is 6.91. The molecule has 3 heteroatoms. The molecule has 3 nitrogen and oxygen atoms in total. The van der Waals surface area contributed by atoms with Crippen LogP contribution in [0.5, 0.6) is 5.75 Å². The second-order valence-electron chi connectivity index (χ2n) is 5.56. The highest BCUT2D eigenvalue weighted by Gasteiger charge is 2.42. The van der Waals surface area contributed by atoms with Crippen LogP contribution in [0.25, 0.3) is 11.1 Å². The Balaban J connectivity index is 1.91. The Bertz CT molecular complexity index is 765. The maximum atomic E-state index is 5.93. The molecule has 0 amide bonds. The fourth-order valence-electron chi connectivity index (χ4n) is 3.66. The van der Waals surface area contributed by atoms with E-state index in [1.807, 2.05) is 0 Å². The minimum atomic E-state index is 0.263. The molecule has 1 unspecified atom stereocenters. The highest BCUT2D eigenvalue weighted by atomic mass is 16.5. The molecule has 0 bridgehead atoms. The van der Waals surface area contributed by atoms with E-state index in [9.17, 15) is 0 Å². The van der Waals surface area contributed by atoms with Crippen LogP contribution in [-0.2, 0) is 0 Å². The minimum absolute atomic E-state index is 0.263. The predicted octanol–water partition coefficient (Wildman–Crippen LogP) is 3.35. The highest BCUT2D eigenvalue weighted by Crippen LogP contribution is 2.54. The van der Waals surface area contributed by atoms with Crippen molar-refractivity contribution in [2.75, 3.05) is 18.6 Å². The van der Waals surface area contributed by atoms with Gasteiger partial charge in [-0.1, -0.05) is 36.4 Å². The lowest BCUT2D eigenvalue weighted by Crippen LogP contribution is -2.37. The smallest absolute Gasteiger partial charge is 0.144 e. The summed E-state index contributed by atoms with van der Waals surface area (Å²) in [6, 6.07) is 15.0. The number of ether oxygens (including phenoxy) is 1. The number of para-hydroxylation sites is 1. The molecule has 0 N–H and O–H groups in total. The molecular weight excluding hydrogens is 248 g/mol. The third-order valence-electron chi connectivity index (χ3n) is 4.44. The molecule has 20 heavy (non-hydrogen) atoms. The van der Waals surface area contributed by atoms with E-state index in [0.29, 0.717) is 6.61 Å². The topological polar surface area (TPSA) is 15.7 Å². The number of hydrogen-bond donors (Lipinski definition) is 0. The van der Waals surface area contributed by atoms with E-state index in [1.165, 1.54) is 28.1 Å². The molecule has 1 atom stereocenters. The molecule has 2 aromatic rings. The predicted molar refractivity (Wildman–Crippen MR) is 78.4 cm³/mol. The van der Waals surface area contributed by atoms with E-state index in [2.05, 4.69) is 65.5 Å². The van der Waals surface area contributed by atoms with Crippen LogP contribution in [0.1, 0.15) is 11.7 Å². The van der Waals surface area contributed by atoms with E-state index in [-0.39, 0.29) is 6.17 Å². The van der Waals surface area contributed by atoms with Crippen LogP contribution >= 0.6 is 0 Å². The zero-order chi connectivity index (χ0) is 13.3. The van der Waals surface area contributed by atoms with Crippen LogP contribution in [0.4, 0.5) is 5.69 Å². The van der Waals surface area contributed by atoms with Crippen LogP contribution in [-0.4, -0.2) is 18.6 Å². The fourth-order valence-corrected chi connectivity index (χ4v) is 3.66. The molecule has 0 aliphatic carbocycles. The molecule has 98 valence electrons. The molecule has 5 rings (SSSR count). The zero-order valence-corrected chi connectivity index (χ0v) is 11.2. The average molecular weight is 262 g/mol. The third kappa shape index (κ3) is 1.07. The van der Waals surface area contributed by atoms with E-state index < -0.39 is 0 Å². The molecule has 0 saturated carbocycles. The monoisotopic (exact) mass is 262 g/mol. The number of nitrogens with zero attached hydrogens (tertiary/aromatic N) is 2. The maximum absolute atomic E-state index is 5.93. The van der Waals surface area contributed by atoms with Gasteiger partial charge in [-0.25, -0.2) is 0 Å². The van der Waals surface area contributed by atoms with Gasteiger partial charge in [-0.2, -0.15) is 0 Å². The summed E-state index contributed by atoms with van der Waals surface area (Å²) in [6.07, 6.45) is 2.46. The van der Waals surface area contributed by atoms with Gasteiger partial charge in [-0.15, -0.1) is 0 Å². The molecule has 0 saturated heterocycles. The molecule has 0 aromatic heterocycles. The highest BCUT2D eigenvalue weighted by molar-refractivity contribution is 5.90. The maximum Gasteiger partial charge on any atom is 0.144 e. The Morgan fingerprint density at radius 2 is 1.90 bits per heavy atom. The van der Waals surface area contributed by atoms with Crippen LogP contribution < -0.4 is 9.64 Å². The standard InChI is InChI=1S/C17H14N2O/c1-18-9-11-10-20-15-8-4-7-13-12-5-2-3-6-14(12)17(18)19(11)16(13)15/h2-9,17H,10H2,1H3. The van der Waals surface area contributed by atoms with Gasteiger partial charge in [-0.05, 0) is 11.6 Å². The van der Waals surface area contributed by atoms with Gasteiger partial charge in [0.05, 0.1) is 11.4 Å². The van der Waals surface area contributed by atoms with Crippen LogP contribution in [0.3, 0.4) is 0 Å². The lowest BCUT2D eigenvalue weighted by Gasteiger charge is -2.42. The Kier molecular flexibility index (Phi) is 1.75. The van der Waals surface area contributed by atoms with E-state index >= 15 is 0 Å². The largest absolute Gasteiger partial charge is 0.485 e. The number of benzene rings is 2. The van der Waals surface area contributed by atoms with Crippen LogP contribution in [0.2, 0.25) is 0 Å². The Labute approximate surface area is 117 Å². The summed E-state index contributed by atoms with van der Waals surface area (Å²) in [5.41, 5.74) is 6.42. The second-order valence-corrected chi connectivity index (χ2v) is 5.56. The Morgan fingerprint density at radius 1 is 1.05 bits per heavy atom. The molecule has 2 aromatic carbocycles. The average Bonchev–Trinajstić information content (AvgIpc) is 2.84. The van der Waals surface area contributed by atoms with Gasteiger partial charge in [-0.3, -0.25) is 0 Å². The van der Waals surface area contributed by atoms with Gasteiger partial charge in [0.1, 0.15) is 18.5 Å². The molecule has 0 fully saturated rings. The fraction of sp³-hybridized carbons (Fsp3) is 0.176. The normalized spacial score (nSPS) is 21.1. The summed E-state index contributed by atoms with van der Waals surface area (Å²) < 4.78 is 5.93. The van der Waals surface area contributed by atoms with E-state index in [0.717, 1.165) is 5.75 Å². The summed E-state index contributed by atoms with van der Waals surface area (Å²) >= 11 is 0. The molecule has 0 radical (unpaired) electrons. The molecule has 3 heterocycles. The third-order valence-corrected chi connectivity index (χ3v) is 4.44. The van der Waals surface area contributed by atoms with Crippen molar-refractivity contribution >= 4 is 5.69 Å². The van der Waals surface area contributed by atoms with Crippen molar-refractivity contribution in [2.45, 2.75) is 6.17 Å². The minimum Gasteiger partial charge on any atom is -0.485 e. The first-order chi connectivity index (χ1) is 9.84. The second kappa shape index (κ2) is 3.37. The van der Waals surface area contributed by atoms with Gasteiger partial charge in [0.15, 0.2) is 0 Å². The van der Waals surface area contributed by atoms with E-state index in [1.54, 1.807) is 0 Å². The molecule has 0 spiro atoms. The van der Waals surface area contributed by atoms with Gasteiger partial charge in [0, 0.05) is 24.4 Å². The number of fused-ring (bicyclic) bond motifs is 3. The van der Waals surface area contributed by atoms with Crippen molar-refractivity contribution in [3.63, 3.8) is 0 Å². The SMILES string of the molecule is CN1C=C2COc3cccc4c3N2C1c1ccccc1-4. The van der Waals surface area contributed by atoms with Crippen molar-refractivity contribution in [3.05, 3.63) is 59.9 Å². The van der Waals surface area contributed by atoms with Gasteiger partial charge < -0.3 is 14.5 Å². The number of hydrogen-bond acceptors (Lipinski definition) is 3. The number of rotatable bonds is 0.